The van der Waals surface area contributed by atoms with Crippen molar-refractivity contribution < 1.29 is 19.1 Å². The molecular weight excluding hydrogens is 404 g/mol. The van der Waals surface area contributed by atoms with E-state index in [9.17, 15) is 9.59 Å². The molecule has 0 atom stereocenters. The number of carbonyl (C=O) groups is 2. The molecule has 1 aliphatic rings. The minimum atomic E-state index is -0.451. The summed E-state index contributed by atoms with van der Waals surface area (Å²) < 4.78 is 10.2. The van der Waals surface area contributed by atoms with Crippen molar-refractivity contribution in [3.8, 4) is 5.75 Å². The third-order valence-corrected chi connectivity index (χ3v) is 5.91. The first-order valence-electron chi connectivity index (χ1n) is 9.93. The van der Waals surface area contributed by atoms with Gasteiger partial charge >= 0.3 is 12.0 Å². The van der Waals surface area contributed by atoms with Crippen molar-refractivity contribution in [2.24, 2.45) is 0 Å². The van der Waals surface area contributed by atoms with Crippen molar-refractivity contribution in [3.63, 3.8) is 0 Å². The Morgan fingerprint density at radius 3 is 2.60 bits per heavy atom. The first-order chi connectivity index (χ1) is 14.6. The molecule has 2 aromatic rings. The number of esters is 1. The van der Waals surface area contributed by atoms with Crippen LogP contribution in [0, 0.1) is 0 Å². The molecule has 1 saturated heterocycles. The van der Waals surface area contributed by atoms with Crippen LogP contribution in [0.15, 0.2) is 35.7 Å². The summed E-state index contributed by atoms with van der Waals surface area (Å²) in [4.78, 5) is 28.9. The quantitative estimate of drug-likeness (QED) is 0.493. The number of piperazine rings is 1. The monoisotopic (exact) mass is 432 g/mol. The van der Waals surface area contributed by atoms with Crippen LogP contribution in [0.1, 0.15) is 16.1 Å². The van der Waals surface area contributed by atoms with Gasteiger partial charge in [0, 0.05) is 32.7 Å². The molecule has 1 fully saturated rings. The second-order valence-electron chi connectivity index (χ2n) is 6.89. The largest absolute Gasteiger partial charge is 0.495 e. The third-order valence-electron chi connectivity index (χ3n) is 5.02. The Hall–Kier alpha value is -2.78. The van der Waals surface area contributed by atoms with Crippen LogP contribution in [0.4, 0.5) is 16.2 Å². The Morgan fingerprint density at radius 2 is 1.87 bits per heavy atom. The Balaban J connectivity index is 1.35. The molecule has 2 heterocycles. The summed E-state index contributed by atoms with van der Waals surface area (Å²) in [5.74, 6) is 0.453. The van der Waals surface area contributed by atoms with Crippen LogP contribution < -0.4 is 20.3 Å². The number of nitrogens with zero attached hydrogens (tertiary/aromatic N) is 2. The standard InChI is InChI=1S/C21H28N4O4S/c1-28-18-7-4-3-6-17(18)25-13-11-24(12-14-25)10-5-9-22-21(27)23-16-8-15-30-19(16)20(26)29-2/h3-4,6-8,15H,5,9-14H2,1-2H3,(H2,22,23,27). The van der Waals surface area contributed by atoms with Gasteiger partial charge in [-0.1, -0.05) is 12.1 Å². The van der Waals surface area contributed by atoms with Gasteiger partial charge in [0.2, 0.25) is 0 Å². The lowest BCUT2D eigenvalue weighted by atomic mass is 10.2. The highest BCUT2D eigenvalue weighted by Crippen LogP contribution is 2.28. The van der Waals surface area contributed by atoms with Crippen LogP contribution in [0.25, 0.3) is 0 Å². The Kier molecular flexibility index (Phi) is 7.92. The number of rotatable bonds is 8. The highest BCUT2D eigenvalue weighted by Gasteiger charge is 2.19. The predicted molar refractivity (Wildman–Crippen MR) is 119 cm³/mol. The number of anilines is 2. The van der Waals surface area contributed by atoms with Crippen molar-refractivity contribution in [2.75, 3.05) is 63.7 Å². The van der Waals surface area contributed by atoms with Crippen molar-refractivity contribution in [1.82, 2.24) is 10.2 Å². The maximum atomic E-state index is 12.1. The molecule has 1 aliphatic heterocycles. The van der Waals surface area contributed by atoms with E-state index in [2.05, 4.69) is 26.5 Å². The molecule has 2 N–H and O–H groups in total. The third kappa shape index (κ3) is 5.64. The minimum absolute atomic E-state index is 0.320. The molecule has 1 aromatic heterocycles. The number of hydrogen-bond donors (Lipinski definition) is 2. The van der Waals surface area contributed by atoms with E-state index in [1.54, 1.807) is 18.6 Å². The first-order valence-corrected chi connectivity index (χ1v) is 10.8. The molecule has 1 aromatic carbocycles. The lowest BCUT2D eigenvalue weighted by molar-refractivity contribution is 0.0607. The molecule has 2 amide bonds. The summed E-state index contributed by atoms with van der Waals surface area (Å²) in [6.07, 6.45) is 0.857. The summed E-state index contributed by atoms with van der Waals surface area (Å²) in [7, 11) is 3.02. The molecule has 9 heteroatoms. The lowest BCUT2D eigenvalue weighted by Gasteiger charge is -2.36. The first kappa shape index (κ1) is 21.9. The molecule has 0 aliphatic carbocycles. The Bertz CT molecular complexity index is 849. The number of benzene rings is 1. The number of para-hydroxylation sites is 2. The number of hydrogen-bond acceptors (Lipinski definition) is 7. The predicted octanol–water partition coefficient (Wildman–Crippen LogP) is 2.88. The minimum Gasteiger partial charge on any atom is -0.495 e. The van der Waals surface area contributed by atoms with Gasteiger partial charge in [-0.15, -0.1) is 11.3 Å². The van der Waals surface area contributed by atoms with Gasteiger partial charge in [0.25, 0.3) is 0 Å². The number of nitrogens with one attached hydrogen (secondary N) is 2. The smallest absolute Gasteiger partial charge is 0.350 e. The van der Waals surface area contributed by atoms with Crippen LogP contribution >= 0.6 is 11.3 Å². The zero-order valence-corrected chi connectivity index (χ0v) is 18.2. The Labute approximate surface area is 180 Å². The summed E-state index contributed by atoms with van der Waals surface area (Å²) >= 11 is 1.24. The van der Waals surface area contributed by atoms with Gasteiger partial charge in [0.05, 0.1) is 25.6 Å². The zero-order chi connectivity index (χ0) is 21.3. The van der Waals surface area contributed by atoms with Gasteiger partial charge < -0.3 is 25.0 Å². The van der Waals surface area contributed by atoms with Gasteiger partial charge in [0.1, 0.15) is 10.6 Å². The number of thiophene rings is 1. The molecule has 30 heavy (non-hydrogen) atoms. The molecular formula is C21H28N4O4S. The number of urea groups is 1. The van der Waals surface area contributed by atoms with Gasteiger partial charge in [-0.25, -0.2) is 9.59 Å². The summed E-state index contributed by atoms with van der Waals surface area (Å²) in [6.45, 7) is 5.33. The van der Waals surface area contributed by atoms with Crippen LogP contribution in [-0.2, 0) is 4.74 Å². The van der Waals surface area contributed by atoms with Crippen LogP contribution in [0.3, 0.4) is 0 Å². The average Bonchev–Trinajstić information content (AvgIpc) is 3.24. The molecule has 0 bridgehead atoms. The fourth-order valence-electron chi connectivity index (χ4n) is 3.43. The van der Waals surface area contributed by atoms with Gasteiger partial charge in [0.15, 0.2) is 0 Å². The molecule has 162 valence electrons. The number of methoxy groups -OCH3 is 2. The maximum Gasteiger partial charge on any atom is 0.350 e. The molecule has 0 radical (unpaired) electrons. The van der Waals surface area contributed by atoms with Gasteiger partial charge in [-0.05, 0) is 36.5 Å². The second-order valence-corrected chi connectivity index (χ2v) is 7.81. The number of amides is 2. The van der Waals surface area contributed by atoms with E-state index in [0.29, 0.717) is 17.1 Å². The topological polar surface area (TPSA) is 83.1 Å². The molecule has 0 unspecified atom stereocenters. The molecule has 0 saturated carbocycles. The fraction of sp³-hybridized carbons (Fsp3) is 0.429. The fourth-order valence-corrected chi connectivity index (χ4v) is 4.20. The highest BCUT2D eigenvalue weighted by atomic mass is 32.1. The van der Waals surface area contributed by atoms with Crippen LogP contribution in [0.5, 0.6) is 5.75 Å². The van der Waals surface area contributed by atoms with E-state index in [1.165, 1.54) is 18.4 Å². The van der Waals surface area contributed by atoms with Crippen molar-refractivity contribution >= 4 is 34.7 Å². The van der Waals surface area contributed by atoms with Crippen molar-refractivity contribution in [2.45, 2.75) is 6.42 Å². The summed E-state index contributed by atoms with van der Waals surface area (Å²) in [6, 6.07) is 9.47. The van der Waals surface area contributed by atoms with Gasteiger partial charge in [-0.3, -0.25) is 4.90 Å². The SMILES string of the molecule is COC(=O)c1sccc1NC(=O)NCCCN1CCN(c2ccccc2OC)CC1. The normalized spacial score (nSPS) is 14.3. The number of ether oxygens (including phenoxy) is 2. The van der Waals surface area contributed by atoms with Gasteiger partial charge in [-0.2, -0.15) is 0 Å². The molecule has 3 rings (SSSR count). The summed E-state index contributed by atoms with van der Waals surface area (Å²) in [5.41, 5.74) is 1.61. The Morgan fingerprint density at radius 1 is 1.10 bits per heavy atom. The maximum absolute atomic E-state index is 12.1. The van der Waals surface area contributed by atoms with Crippen molar-refractivity contribution in [1.29, 1.82) is 0 Å². The van der Waals surface area contributed by atoms with Crippen LogP contribution in [-0.4, -0.2) is 70.4 Å². The van der Waals surface area contributed by atoms with Crippen LogP contribution in [0.2, 0.25) is 0 Å². The zero-order valence-electron chi connectivity index (χ0n) is 17.3. The van der Waals surface area contributed by atoms with E-state index >= 15 is 0 Å². The molecule has 0 spiro atoms. The van der Waals surface area contributed by atoms with E-state index < -0.39 is 5.97 Å². The second kappa shape index (κ2) is 10.8. The van der Waals surface area contributed by atoms with E-state index in [4.69, 9.17) is 9.47 Å². The van der Waals surface area contributed by atoms with Crippen molar-refractivity contribution in [3.05, 3.63) is 40.6 Å². The average molecular weight is 433 g/mol. The highest BCUT2D eigenvalue weighted by molar-refractivity contribution is 7.12. The van der Waals surface area contributed by atoms with E-state index in [0.717, 1.165) is 50.6 Å². The number of carbonyl (C=O) groups excluding carboxylic acids is 2. The van der Waals surface area contributed by atoms with E-state index in [-0.39, 0.29) is 6.03 Å². The molecule has 8 nitrogen and oxygen atoms in total. The lowest BCUT2D eigenvalue weighted by Crippen LogP contribution is -2.47. The van der Waals surface area contributed by atoms with E-state index in [1.807, 2.05) is 18.2 Å². The summed E-state index contributed by atoms with van der Waals surface area (Å²) in [5, 5.41) is 7.29.